The Morgan fingerprint density at radius 3 is 2.22 bits per heavy atom. The lowest BCUT2D eigenvalue weighted by molar-refractivity contribution is 0.134. The zero-order chi connectivity index (χ0) is 18.9. The molecule has 1 aliphatic heterocycles. The van der Waals surface area contributed by atoms with Crippen LogP contribution in [0.1, 0.15) is 11.1 Å². The minimum atomic E-state index is -0.876. The minimum absolute atomic E-state index is 0.209. The van der Waals surface area contributed by atoms with Crippen molar-refractivity contribution in [3.63, 3.8) is 0 Å². The van der Waals surface area contributed by atoms with Gasteiger partial charge in [-0.3, -0.25) is 0 Å². The van der Waals surface area contributed by atoms with Crippen LogP contribution in [0.4, 0.5) is 9.59 Å². The molecule has 0 aromatic heterocycles. The first-order valence-electron chi connectivity index (χ1n) is 9.09. The number of nitrogens with one attached hydrogen (secondary N) is 1. The van der Waals surface area contributed by atoms with Gasteiger partial charge in [0.1, 0.15) is 6.61 Å². The zero-order valence-electron chi connectivity index (χ0n) is 14.9. The average Bonchev–Trinajstić information content (AvgIpc) is 3.06. The Morgan fingerprint density at radius 1 is 1.04 bits per heavy atom. The summed E-state index contributed by atoms with van der Waals surface area (Å²) >= 11 is 0. The Kier molecular flexibility index (Phi) is 4.48. The van der Waals surface area contributed by atoms with Crippen LogP contribution >= 0.6 is 0 Å². The maximum absolute atomic E-state index is 12.2. The smallest absolute Gasteiger partial charge is 0.407 e. The molecule has 2 N–H and O–H groups in total. The molecule has 140 valence electrons. The molecule has 2 aliphatic rings. The van der Waals surface area contributed by atoms with Crippen LogP contribution in [0.15, 0.2) is 60.7 Å². The quantitative estimate of drug-likeness (QED) is 0.852. The first-order chi connectivity index (χ1) is 13.1. The third-order valence-corrected chi connectivity index (χ3v) is 5.85. The van der Waals surface area contributed by atoms with Crippen molar-refractivity contribution >= 4 is 12.2 Å². The summed E-state index contributed by atoms with van der Waals surface area (Å²) < 4.78 is 5.31. The van der Waals surface area contributed by atoms with E-state index in [0.717, 1.165) is 11.1 Å². The molecule has 1 saturated carbocycles. The molecular weight excluding hydrogens is 344 g/mol. The van der Waals surface area contributed by atoms with Crippen LogP contribution in [0.5, 0.6) is 0 Å². The predicted molar refractivity (Wildman–Crippen MR) is 99.3 cm³/mol. The number of amides is 2. The summed E-state index contributed by atoms with van der Waals surface area (Å²) in [6.45, 7) is 1.70. The van der Waals surface area contributed by atoms with E-state index in [9.17, 15) is 14.7 Å². The molecule has 1 aliphatic carbocycles. The van der Waals surface area contributed by atoms with Gasteiger partial charge < -0.3 is 20.1 Å². The number of fused-ring (bicyclic) bond motifs is 1. The first kappa shape index (κ1) is 17.4. The van der Waals surface area contributed by atoms with E-state index in [2.05, 4.69) is 17.4 Å². The minimum Gasteiger partial charge on any atom is -0.465 e. The van der Waals surface area contributed by atoms with Crippen molar-refractivity contribution in [2.45, 2.75) is 12.0 Å². The fourth-order valence-corrected chi connectivity index (χ4v) is 4.42. The molecule has 2 amide bonds. The lowest BCUT2D eigenvalue weighted by atomic mass is 9.90. The number of ether oxygens (including phenoxy) is 1. The van der Waals surface area contributed by atoms with Gasteiger partial charge in [-0.1, -0.05) is 60.7 Å². The number of benzene rings is 2. The van der Waals surface area contributed by atoms with Gasteiger partial charge in [-0.2, -0.15) is 0 Å². The molecule has 2 aromatic carbocycles. The van der Waals surface area contributed by atoms with Crippen LogP contribution < -0.4 is 5.32 Å². The van der Waals surface area contributed by atoms with Gasteiger partial charge in [0.25, 0.3) is 0 Å². The molecule has 4 rings (SSSR count). The van der Waals surface area contributed by atoms with E-state index in [-0.39, 0.29) is 23.9 Å². The van der Waals surface area contributed by atoms with Crippen molar-refractivity contribution in [3.05, 3.63) is 71.8 Å². The second-order valence-corrected chi connectivity index (χ2v) is 7.22. The Morgan fingerprint density at radius 2 is 1.63 bits per heavy atom. The fourth-order valence-electron chi connectivity index (χ4n) is 4.42. The monoisotopic (exact) mass is 366 g/mol. The molecule has 27 heavy (non-hydrogen) atoms. The summed E-state index contributed by atoms with van der Waals surface area (Å²) in [4.78, 5) is 24.9. The van der Waals surface area contributed by atoms with Gasteiger partial charge in [-0.05, 0) is 23.0 Å². The highest BCUT2D eigenvalue weighted by Crippen LogP contribution is 2.63. The second-order valence-electron chi connectivity index (χ2n) is 7.22. The fraction of sp³-hybridized carbons (Fsp3) is 0.333. The van der Waals surface area contributed by atoms with E-state index in [0.29, 0.717) is 19.6 Å². The lowest BCUT2D eigenvalue weighted by Gasteiger charge is -2.26. The standard InChI is InChI=1S/C21H22N2O4/c24-19(27-13-15-7-3-1-4-8-15)22-14-21(16-9-5-2-6-10-16)17-11-23(20(25)26)12-18(17)21/h1-10,17-18H,11-14H2,(H,22,24)(H,25,26)/t17-,18+,21?. The summed E-state index contributed by atoms with van der Waals surface area (Å²) in [7, 11) is 0. The highest BCUT2D eigenvalue weighted by molar-refractivity contribution is 5.68. The topological polar surface area (TPSA) is 78.9 Å². The summed E-state index contributed by atoms with van der Waals surface area (Å²) in [5.41, 5.74) is 1.87. The Balaban J connectivity index is 1.40. The molecular formula is C21H22N2O4. The number of carbonyl (C=O) groups excluding carboxylic acids is 1. The van der Waals surface area contributed by atoms with E-state index >= 15 is 0 Å². The van der Waals surface area contributed by atoms with Crippen molar-refractivity contribution in [1.29, 1.82) is 0 Å². The van der Waals surface area contributed by atoms with Crippen LogP contribution in [0.2, 0.25) is 0 Å². The number of hydrogen-bond acceptors (Lipinski definition) is 3. The average molecular weight is 366 g/mol. The highest BCUT2D eigenvalue weighted by atomic mass is 16.5. The van der Waals surface area contributed by atoms with Crippen LogP contribution in [-0.2, 0) is 16.8 Å². The van der Waals surface area contributed by atoms with Crippen molar-refractivity contribution in [2.75, 3.05) is 19.6 Å². The number of likely N-dealkylation sites (tertiary alicyclic amines) is 1. The molecule has 0 bridgehead atoms. The largest absolute Gasteiger partial charge is 0.465 e. The molecule has 3 atom stereocenters. The number of nitrogens with zero attached hydrogens (tertiary/aromatic N) is 1. The number of alkyl carbamates (subject to hydrolysis) is 1. The Hall–Kier alpha value is -3.02. The van der Waals surface area contributed by atoms with Gasteiger partial charge in [-0.25, -0.2) is 9.59 Å². The zero-order valence-corrected chi connectivity index (χ0v) is 14.9. The summed E-state index contributed by atoms with van der Waals surface area (Å²) in [5, 5.41) is 12.1. The van der Waals surface area contributed by atoms with Crippen molar-refractivity contribution in [3.8, 4) is 0 Å². The molecule has 1 heterocycles. The maximum Gasteiger partial charge on any atom is 0.407 e. The number of carbonyl (C=O) groups is 2. The van der Waals surface area contributed by atoms with Crippen molar-refractivity contribution < 1.29 is 19.4 Å². The SMILES string of the molecule is O=C(NCC1(c2ccccc2)[C@@H]2CN(C(=O)O)C[C@@H]21)OCc1ccccc1. The summed E-state index contributed by atoms with van der Waals surface area (Å²) in [6.07, 6.45) is -1.33. The van der Waals surface area contributed by atoms with Crippen molar-refractivity contribution in [2.24, 2.45) is 11.8 Å². The molecule has 0 spiro atoms. The van der Waals surface area contributed by atoms with Gasteiger partial charge in [0, 0.05) is 25.0 Å². The van der Waals surface area contributed by atoms with Crippen LogP contribution in [0.3, 0.4) is 0 Å². The number of piperidine rings is 1. The second kappa shape index (κ2) is 6.95. The highest BCUT2D eigenvalue weighted by Gasteiger charge is 2.69. The van der Waals surface area contributed by atoms with Crippen LogP contribution in [0, 0.1) is 11.8 Å². The van der Waals surface area contributed by atoms with E-state index in [1.54, 1.807) is 0 Å². The predicted octanol–water partition coefficient (Wildman–Crippen LogP) is 3.09. The van der Waals surface area contributed by atoms with E-state index in [1.165, 1.54) is 4.90 Å². The molecule has 2 aromatic rings. The van der Waals surface area contributed by atoms with Gasteiger partial charge >= 0.3 is 12.2 Å². The molecule has 1 unspecified atom stereocenters. The normalized spacial score (nSPS) is 25.6. The van der Waals surface area contributed by atoms with Crippen LogP contribution in [0.25, 0.3) is 0 Å². The van der Waals surface area contributed by atoms with Gasteiger partial charge in [0.2, 0.25) is 0 Å². The third-order valence-electron chi connectivity index (χ3n) is 5.85. The Labute approximate surface area is 157 Å². The van der Waals surface area contributed by atoms with E-state index < -0.39 is 12.2 Å². The number of hydrogen-bond donors (Lipinski definition) is 2. The van der Waals surface area contributed by atoms with Gasteiger partial charge in [-0.15, -0.1) is 0 Å². The molecule has 2 fully saturated rings. The summed E-state index contributed by atoms with van der Waals surface area (Å²) in [6, 6.07) is 19.6. The molecule has 6 nitrogen and oxygen atoms in total. The maximum atomic E-state index is 12.2. The first-order valence-corrected chi connectivity index (χ1v) is 9.09. The Bertz CT molecular complexity index is 813. The summed E-state index contributed by atoms with van der Waals surface area (Å²) in [5.74, 6) is 0.454. The van der Waals surface area contributed by atoms with E-state index in [1.807, 2.05) is 48.5 Å². The number of rotatable bonds is 5. The van der Waals surface area contributed by atoms with Gasteiger partial charge in [0.15, 0.2) is 0 Å². The molecule has 1 saturated heterocycles. The van der Waals surface area contributed by atoms with Crippen LogP contribution in [-0.4, -0.2) is 41.8 Å². The van der Waals surface area contributed by atoms with E-state index in [4.69, 9.17) is 4.74 Å². The van der Waals surface area contributed by atoms with Crippen molar-refractivity contribution in [1.82, 2.24) is 10.2 Å². The molecule has 0 radical (unpaired) electrons. The lowest BCUT2D eigenvalue weighted by Crippen LogP contribution is -2.40. The third kappa shape index (κ3) is 3.23. The number of carboxylic acid groups (broad SMARTS) is 1. The van der Waals surface area contributed by atoms with Gasteiger partial charge in [0.05, 0.1) is 0 Å². The molecule has 6 heteroatoms.